The zero-order valence-corrected chi connectivity index (χ0v) is 16.4. The van der Waals surface area contributed by atoms with Gasteiger partial charge in [0.15, 0.2) is 12.6 Å². The monoisotopic (exact) mass is 422 g/mol. The van der Waals surface area contributed by atoms with Gasteiger partial charge in [0.1, 0.15) is 5.75 Å². The van der Waals surface area contributed by atoms with Crippen LogP contribution in [0.3, 0.4) is 0 Å². The van der Waals surface area contributed by atoms with Crippen LogP contribution in [0.25, 0.3) is 0 Å². The molecule has 0 unspecified atom stereocenters. The average molecular weight is 422 g/mol. The molecular formula is C17H25F3N4O3S. The van der Waals surface area contributed by atoms with Crippen LogP contribution in [0.5, 0.6) is 5.75 Å². The molecule has 1 aromatic carbocycles. The van der Waals surface area contributed by atoms with Gasteiger partial charge in [0.2, 0.25) is 10.0 Å². The van der Waals surface area contributed by atoms with Crippen molar-refractivity contribution in [3.63, 3.8) is 0 Å². The lowest BCUT2D eigenvalue weighted by molar-refractivity contribution is -0.153. The summed E-state index contributed by atoms with van der Waals surface area (Å²) in [5, 5.41) is 6.16. The van der Waals surface area contributed by atoms with Crippen LogP contribution in [0.2, 0.25) is 0 Å². The molecule has 1 aliphatic rings. The largest absolute Gasteiger partial charge is 0.484 e. The van der Waals surface area contributed by atoms with Crippen molar-refractivity contribution < 1.29 is 26.3 Å². The molecule has 0 spiro atoms. The van der Waals surface area contributed by atoms with E-state index in [1.54, 1.807) is 12.1 Å². The van der Waals surface area contributed by atoms with Gasteiger partial charge in [0, 0.05) is 26.2 Å². The van der Waals surface area contributed by atoms with E-state index >= 15 is 0 Å². The van der Waals surface area contributed by atoms with Gasteiger partial charge in [-0.05, 0) is 31.0 Å². The number of sulfonamides is 1. The summed E-state index contributed by atoms with van der Waals surface area (Å²) in [6.07, 6.45) is -3.72. The first-order valence-corrected chi connectivity index (χ1v) is 10.6. The van der Waals surface area contributed by atoms with Gasteiger partial charge in [-0.3, -0.25) is 0 Å². The van der Waals surface area contributed by atoms with Crippen molar-refractivity contribution in [1.29, 1.82) is 0 Å². The van der Waals surface area contributed by atoms with Crippen LogP contribution in [-0.4, -0.2) is 63.4 Å². The first-order chi connectivity index (χ1) is 13.2. The molecule has 0 aromatic heterocycles. The molecule has 1 fully saturated rings. The third-order valence-electron chi connectivity index (χ3n) is 3.95. The Balaban J connectivity index is 1.84. The van der Waals surface area contributed by atoms with Crippen LogP contribution < -0.4 is 15.4 Å². The second-order valence-corrected chi connectivity index (χ2v) is 8.33. The van der Waals surface area contributed by atoms with Crippen LogP contribution in [0.15, 0.2) is 29.3 Å². The van der Waals surface area contributed by atoms with Gasteiger partial charge in [0.05, 0.1) is 12.3 Å². The number of aliphatic imine (C=N–C) groups is 1. The molecule has 158 valence electrons. The standard InChI is InChI=1S/C17H25F3N4O3S/c1-2-21-16(22-8-10-24-9-3-11-28(24,25)26)23-12-14-4-6-15(7-5-14)27-13-17(18,19)20/h4-7H,2-3,8-13H2,1H3,(H2,21,22,23). The molecule has 11 heteroatoms. The molecule has 0 aliphatic carbocycles. The average Bonchev–Trinajstić information content (AvgIpc) is 2.96. The van der Waals surface area contributed by atoms with E-state index in [4.69, 9.17) is 0 Å². The Morgan fingerprint density at radius 1 is 1.25 bits per heavy atom. The Hall–Kier alpha value is -2.01. The van der Waals surface area contributed by atoms with E-state index in [1.165, 1.54) is 16.4 Å². The highest BCUT2D eigenvalue weighted by Gasteiger charge is 2.28. The van der Waals surface area contributed by atoms with Crippen LogP contribution in [0, 0.1) is 0 Å². The Morgan fingerprint density at radius 3 is 2.54 bits per heavy atom. The number of nitrogens with zero attached hydrogens (tertiary/aromatic N) is 2. The van der Waals surface area contributed by atoms with Crippen molar-refractivity contribution >= 4 is 16.0 Å². The predicted molar refractivity (Wildman–Crippen MR) is 101 cm³/mol. The minimum atomic E-state index is -4.37. The topological polar surface area (TPSA) is 83.0 Å². The number of hydrogen-bond donors (Lipinski definition) is 2. The van der Waals surface area contributed by atoms with E-state index in [-0.39, 0.29) is 11.5 Å². The molecule has 2 rings (SSSR count). The summed E-state index contributed by atoms with van der Waals surface area (Å²) >= 11 is 0. The summed E-state index contributed by atoms with van der Waals surface area (Å²) in [5.41, 5.74) is 0.804. The van der Waals surface area contributed by atoms with E-state index in [2.05, 4.69) is 20.4 Å². The highest BCUT2D eigenvalue weighted by Crippen LogP contribution is 2.19. The molecule has 0 saturated carbocycles. The van der Waals surface area contributed by atoms with Gasteiger partial charge < -0.3 is 15.4 Å². The van der Waals surface area contributed by atoms with Crippen molar-refractivity contribution in [2.45, 2.75) is 26.1 Å². The predicted octanol–water partition coefficient (Wildman–Crippen LogP) is 1.72. The molecule has 0 amide bonds. The minimum Gasteiger partial charge on any atom is -0.484 e. The first-order valence-electron chi connectivity index (χ1n) is 8.98. The fourth-order valence-electron chi connectivity index (χ4n) is 2.61. The fraction of sp³-hybridized carbons (Fsp3) is 0.588. The van der Waals surface area contributed by atoms with Gasteiger partial charge in [-0.2, -0.15) is 13.2 Å². The first kappa shape index (κ1) is 22.3. The van der Waals surface area contributed by atoms with Crippen molar-refractivity contribution in [1.82, 2.24) is 14.9 Å². The van der Waals surface area contributed by atoms with Gasteiger partial charge in [0.25, 0.3) is 0 Å². The second kappa shape index (κ2) is 9.97. The summed E-state index contributed by atoms with van der Waals surface area (Å²) in [6, 6.07) is 6.23. The van der Waals surface area contributed by atoms with Crippen LogP contribution in [-0.2, 0) is 16.6 Å². The number of halogens is 3. The zero-order valence-electron chi connectivity index (χ0n) is 15.6. The number of ether oxygens (including phenoxy) is 1. The fourth-order valence-corrected chi connectivity index (χ4v) is 4.14. The molecule has 28 heavy (non-hydrogen) atoms. The molecule has 0 atom stereocenters. The lowest BCUT2D eigenvalue weighted by Gasteiger charge is -2.16. The summed E-state index contributed by atoms with van der Waals surface area (Å²) in [7, 11) is -3.12. The van der Waals surface area contributed by atoms with E-state index in [9.17, 15) is 21.6 Å². The summed E-state index contributed by atoms with van der Waals surface area (Å²) in [6.45, 7) is 2.88. The summed E-state index contributed by atoms with van der Waals surface area (Å²) in [4.78, 5) is 4.40. The number of rotatable bonds is 8. The molecule has 0 radical (unpaired) electrons. The Bertz CT molecular complexity index is 752. The third-order valence-corrected chi connectivity index (χ3v) is 5.90. The number of nitrogens with one attached hydrogen (secondary N) is 2. The summed E-state index contributed by atoms with van der Waals surface area (Å²) in [5.74, 6) is 0.877. The Kier molecular flexibility index (Phi) is 7.93. The molecule has 1 heterocycles. The number of benzene rings is 1. The van der Waals surface area contributed by atoms with E-state index in [0.717, 1.165) is 5.56 Å². The van der Waals surface area contributed by atoms with Crippen LogP contribution in [0.4, 0.5) is 13.2 Å². The number of hydrogen-bond acceptors (Lipinski definition) is 4. The number of guanidine groups is 1. The molecule has 1 aromatic rings. The maximum Gasteiger partial charge on any atom is 0.422 e. The summed E-state index contributed by atoms with van der Waals surface area (Å²) < 4.78 is 66.2. The highest BCUT2D eigenvalue weighted by atomic mass is 32.2. The number of alkyl halides is 3. The second-order valence-electron chi connectivity index (χ2n) is 6.24. The Morgan fingerprint density at radius 2 is 1.96 bits per heavy atom. The zero-order chi connectivity index (χ0) is 20.6. The molecule has 1 saturated heterocycles. The minimum absolute atomic E-state index is 0.141. The smallest absolute Gasteiger partial charge is 0.422 e. The lowest BCUT2D eigenvalue weighted by Crippen LogP contribution is -2.42. The normalized spacial score (nSPS) is 17.5. The maximum absolute atomic E-state index is 12.2. The molecule has 1 aliphatic heterocycles. The third kappa shape index (κ3) is 7.55. The molecule has 0 bridgehead atoms. The van der Waals surface area contributed by atoms with Crippen molar-refractivity contribution in [2.24, 2.45) is 4.99 Å². The quantitative estimate of drug-likeness (QED) is 0.492. The highest BCUT2D eigenvalue weighted by molar-refractivity contribution is 7.89. The van der Waals surface area contributed by atoms with Crippen LogP contribution >= 0.6 is 0 Å². The lowest BCUT2D eigenvalue weighted by atomic mass is 10.2. The van der Waals surface area contributed by atoms with E-state index in [0.29, 0.717) is 45.1 Å². The van der Waals surface area contributed by atoms with Gasteiger partial charge in [-0.25, -0.2) is 17.7 Å². The maximum atomic E-state index is 12.2. The Labute approximate surface area is 163 Å². The molecular weight excluding hydrogens is 397 g/mol. The van der Waals surface area contributed by atoms with Gasteiger partial charge >= 0.3 is 6.18 Å². The molecule has 7 nitrogen and oxygen atoms in total. The SMILES string of the molecule is CCNC(=NCc1ccc(OCC(F)(F)F)cc1)NCCN1CCCS1(=O)=O. The van der Waals surface area contributed by atoms with E-state index < -0.39 is 22.8 Å². The van der Waals surface area contributed by atoms with Gasteiger partial charge in [-0.15, -0.1) is 0 Å². The van der Waals surface area contributed by atoms with Crippen molar-refractivity contribution in [3.8, 4) is 5.75 Å². The van der Waals surface area contributed by atoms with Crippen molar-refractivity contribution in [3.05, 3.63) is 29.8 Å². The molecule has 2 N–H and O–H groups in total. The van der Waals surface area contributed by atoms with Crippen LogP contribution in [0.1, 0.15) is 18.9 Å². The van der Waals surface area contributed by atoms with E-state index in [1.807, 2.05) is 6.92 Å². The van der Waals surface area contributed by atoms with Gasteiger partial charge in [-0.1, -0.05) is 12.1 Å². The van der Waals surface area contributed by atoms with Crippen molar-refractivity contribution in [2.75, 3.05) is 38.5 Å².